The lowest BCUT2D eigenvalue weighted by Gasteiger charge is -2.11. The van der Waals surface area contributed by atoms with E-state index in [-0.39, 0.29) is 5.91 Å². The molecule has 1 aliphatic heterocycles. The maximum atomic E-state index is 12.6. The summed E-state index contributed by atoms with van der Waals surface area (Å²) in [5.74, 6) is -0.145. The molecule has 4 nitrogen and oxygen atoms in total. The fourth-order valence-corrected chi connectivity index (χ4v) is 5.09. The molecule has 1 N–H and O–H groups in total. The molecule has 6 heteroatoms. The van der Waals surface area contributed by atoms with Crippen molar-refractivity contribution < 1.29 is 4.79 Å². The Morgan fingerprint density at radius 2 is 1.76 bits per heavy atom. The number of amidine groups is 1. The zero-order valence-electron chi connectivity index (χ0n) is 18.5. The van der Waals surface area contributed by atoms with Crippen molar-refractivity contribution in [1.29, 1.82) is 0 Å². The third kappa shape index (κ3) is 4.10. The van der Waals surface area contributed by atoms with Gasteiger partial charge in [-0.2, -0.15) is 0 Å². The van der Waals surface area contributed by atoms with Gasteiger partial charge in [0.1, 0.15) is 0 Å². The molecule has 33 heavy (non-hydrogen) atoms. The van der Waals surface area contributed by atoms with Crippen molar-refractivity contribution in [3.8, 4) is 5.69 Å². The highest BCUT2D eigenvalue weighted by Gasteiger charge is 2.25. The number of rotatable bonds is 3. The van der Waals surface area contributed by atoms with E-state index in [1.165, 1.54) is 22.5 Å². The number of aryl methyl sites for hydroxylation is 1. The molecule has 1 aromatic heterocycles. The third-order valence-electron chi connectivity index (χ3n) is 5.86. The Morgan fingerprint density at radius 3 is 2.58 bits per heavy atom. The summed E-state index contributed by atoms with van der Waals surface area (Å²) in [6, 6.07) is 22.5. The summed E-state index contributed by atoms with van der Waals surface area (Å²) in [5, 5.41) is 6.49. The Kier molecular flexibility index (Phi) is 5.60. The number of aromatic nitrogens is 1. The van der Waals surface area contributed by atoms with Crippen molar-refractivity contribution >= 4 is 57.0 Å². The summed E-state index contributed by atoms with van der Waals surface area (Å²) in [7, 11) is 0. The second-order valence-corrected chi connectivity index (χ2v) is 9.50. The van der Waals surface area contributed by atoms with Crippen LogP contribution in [0.25, 0.3) is 22.5 Å². The summed E-state index contributed by atoms with van der Waals surface area (Å²) < 4.78 is 2.22. The average molecular weight is 472 g/mol. The molecule has 0 spiro atoms. The molecule has 5 rings (SSSR count). The van der Waals surface area contributed by atoms with Crippen LogP contribution >= 0.6 is 23.4 Å². The van der Waals surface area contributed by atoms with Crippen LogP contribution in [0, 0.1) is 20.8 Å². The van der Waals surface area contributed by atoms with E-state index in [0.29, 0.717) is 15.1 Å². The quantitative estimate of drug-likeness (QED) is 0.324. The number of hydrogen-bond donors (Lipinski definition) is 1. The first-order valence-electron chi connectivity index (χ1n) is 10.6. The first-order chi connectivity index (χ1) is 15.9. The van der Waals surface area contributed by atoms with Crippen LogP contribution in [0.3, 0.4) is 0 Å². The number of fused-ring (bicyclic) bond motifs is 1. The van der Waals surface area contributed by atoms with Crippen molar-refractivity contribution in [3.63, 3.8) is 0 Å². The maximum Gasteiger partial charge on any atom is 0.264 e. The zero-order chi connectivity index (χ0) is 23.1. The van der Waals surface area contributed by atoms with E-state index in [1.54, 1.807) is 0 Å². The Hall–Kier alpha value is -3.28. The molecule has 0 radical (unpaired) electrons. The number of hydrogen-bond acceptors (Lipinski definition) is 3. The van der Waals surface area contributed by atoms with Crippen LogP contribution in [0.4, 0.5) is 5.69 Å². The van der Waals surface area contributed by atoms with Gasteiger partial charge < -0.3 is 9.88 Å². The molecule has 0 atom stereocenters. The highest BCUT2D eigenvalue weighted by molar-refractivity contribution is 8.18. The largest absolute Gasteiger partial charge is 0.318 e. The van der Waals surface area contributed by atoms with Gasteiger partial charge >= 0.3 is 0 Å². The van der Waals surface area contributed by atoms with Gasteiger partial charge in [-0.3, -0.25) is 4.79 Å². The average Bonchev–Trinajstić information content (AvgIpc) is 3.28. The minimum atomic E-state index is -0.145. The number of carbonyl (C=O) groups excluding carboxylic acids is 1. The summed E-state index contributed by atoms with van der Waals surface area (Å²) in [5.41, 5.74) is 5.95. The molecular weight excluding hydrogens is 450 g/mol. The standard InChI is InChI=1S/C27H22ClN3OS/c1-16-13-21(18(3)31(16)22-12-11-19-7-4-5-8-20(19)14-22)15-25-26(32)30-27(33-25)29-24-10-6-9-23(28)17(24)2/h4-15H,1-3H3,(H,29,30,32)/b25-15+. The van der Waals surface area contributed by atoms with Gasteiger partial charge in [0.2, 0.25) is 0 Å². The molecule has 3 aromatic carbocycles. The monoisotopic (exact) mass is 471 g/mol. The van der Waals surface area contributed by atoms with E-state index in [2.05, 4.69) is 71.2 Å². The van der Waals surface area contributed by atoms with Gasteiger partial charge in [-0.25, -0.2) is 4.99 Å². The Balaban J connectivity index is 1.48. The molecule has 0 saturated carbocycles. The Morgan fingerprint density at radius 1 is 0.970 bits per heavy atom. The normalized spacial score (nSPS) is 16.2. The maximum absolute atomic E-state index is 12.6. The second-order valence-electron chi connectivity index (χ2n) is 8.06. The highest BCUT2D eigenvalue weighted by Crippen LogP contribution is 2.32. The van der Waals surface area contributed by atoms with E-state index in [4.69, 9.17) is 11.6 Å². The van der Waals surface area contributed by atoms with E-state index >= 15 is 0 Å². The van der Waals surface area contributed by atoms with Crippen molar-refractivity contribution in [1.82, 2.24) is 9.88 Å². The van der Waals surface area contributed by atoms with Gasteiger partial charge in [-0.05, 0) is 90.8 Å². The predicted octanol–water partition coefficient (Wildman–Crippen LogP) is 7.10. The van der Waals surface area contributed by atoms with Crippen LogP contribution in [0.15, 0.2) is 76.6 Å². The first kappa shape index (κ1) is 21.6. The number of thioether (sulfide) groups is 1. The summed E-state index contributed by atoms with van der Waals surface area (Å²) in [6.45, 7) is 6.08. The number of carbonyl (C=O) groups is 1. The lowest BCUT2D eigenvalue weighted by atomic mass is 10.1. The lowest BCUT2D eigenvalue weighted by Crippen LogP contribution is -2.19. The molecule has 1 aliphatic rings. The fourth-order valence-electron chi connectivity index (χ4n) is 4.10. The SMILES string of the molecule is Cc1c(Cl)cccc1N=C1NC(=O)/C(=C\c2cc(C)n(-c3ccc4ccccc4c3)c2C)S1. The topological polar surface area (TPSA) is 46.4 Å². The number of halogens is 1. The van der Waals surface area contributed by atoms with Gasteiger partial charge in [0.15, 0.2) is 5.17 Å². The summed E-state index contributed by atoms with van der Waals surface area (Å²) in [4.78, 5) is 17.9. The number of amides is 1. The van der Waals surface area contributed by atoms with E-state index < -0.39 is 0 Å². The molecule has 2 heterocycles. The lowest BCUT2D eigenvalue weighted by molar-refractivity contribution is -0.115. The van der Waals surface area contributed by atoms with Crippen molar-refractivity contribution in [2.75, 3.05) is 0 Å². The van der Waals surface area contributed by atoms with Crippen molar-refractivity contribution in [3.05, 3.63) is 99.2 Å². The highest BCUT2D eigenvalue weighted by atomic mass is 35.5. The molecule has 0 aliphatic carbocycles. The van der Waals surface area contributed by atoms with Crippen LogP contribution in [0.2, 0.25) is 5.02 Å². The summed E-state index contributed by atoms with van der Waals surface area (Å²) in [6.07, 6.45) is 1.94. The molecule has 1 fully saturated rings. The van der Waals surface area contributed by atoms with Crippen molar-refractivity contribution in [2.24, 2.45) is 4.99 Å². The number of aliphatic imine (C=N–C) groups is 1. The molecule has 0 bridgehead atoms. The van der Waals surface area contributed by atoms with Crippen LogP contribution in [-0.2, 0) is 4.79 Å². The Bertz CT molecular complexity index is 1480. The van der Waals surface area contributed by atoms with Crippen LogP contribution in [-0.4, -0.2) is 15.6 Å². The second kappa shape index (κ2) is 8.58. The van der Waals surface area contributed by atoms with Gasteiger partial charge in [0.05, 0.1) is 10.6 Å². The van der Waals surface area contributed by atoms with E-state index in [0.717, 1.165) is 33.9 Å². The van der Waals surface area contributed by atoms with Gasteiger partial charge in [-0.1, -0.05) is 48.0 Å². The fraction of sp³-hybridized carbons (Fsp3) is 0.111. The number of nitrogens with one attached hydrogen (secondary N) is 1. The minimum absolute atomic E-state index is 0.145. The Labute approximate surface area is 202 Å². The van der Waals surface area contributed by atoms with Gasteiger partial charge in [-0.15, -0.1) is 0 Å². The molecule has 0 unspecified atom stereocenters. The summed E-state index contributed by atoms with van der Waals surface area (Å²) >= 11 is 7.55. The smallest absolute Gasteiger partial charge is 0.264 e. The minimum Gasteiger partial charge on any atom is -0.318 e. The molecule has 4 aromatic rings. The molecular formula is C27H22ClN3OS. The molecule has 1 amide bonds. The van der Waals surface area contributed by atoms with Crippen LogP contribution in [0.5, 0.6) is 0 Å². The predicted molar refractivity (Wildman–Crippen MR) is 140 cm³/mol. The van der Waals surface area contributed by atoms with E-state index in [1.807, 2.05) is 37.3 Å². The molecule has 164 valence electrons. The number of benzene rings is 3. The van der Waals surface area contributed by atoms with Crippen molar-refractivity contribution in [2.45, 2.75) is 20.8 Å². The van der Waals surface area contributed by atoms with Gasteiger partial charge in [0, 0.05) is 22.1 Å². The van der Waals surface area contributed by atoms with Crippen LogP contribution < -0.4 is 5.32 Å². The number of nitrogens with zero attached hydrogens (tertiary/aromatic N) is 2. The van der Waals surface area contributed by atoms with E-state index in [9.17, 15) is 4.79 Å². The van der Waals surface area contributed by atoms with Gasteiger partial charge in [0.25, 0.3) is 5.91 Å². The van der Waals surface area contributed by atoms with Crippen LogP contribution in [0.1, 0.15) is 22.5 Å². The first-order valence-corrected chi connectivity index (χ1v) is 11.8. The zero-order valence-corrected chi connectivity index (χ0v) is 20.1. The molecule has 1 saturated heterocycles. The third-order valence-corrected chi connectivity index (χ3v) is 7.18.